The first-order valence-corrected chi connectivity index (χ1v) is 20.2. The highest BCUT2D eigenvalue weighted by Crippen LogP contribution is 2.44. The number of ether oxygens (including phenoxy) is 4. The molecule has 0 heterocycles. The summed E-state index contributed by atoms with van der Waals surface area (Å²) in [5.41, 5.74) is 8.70. The van der Waals surface area contributed by atoms with E-state index in [9.17, 15) is 9.59 Å². The van der Waals surface area contributed by atoms with Crippen LogP contribution in [0.3, 0.4) is 0 Å². The quantitative estimate of drug-likeness (QED) is 0.130. The van der Waals surface area contributed by atoms with Crippen molar-refractivity contribution in [3.63, 3.8) is 0 Å². The van der Waals surface area contributed by atoms with Gasteiger partial charge in [-0.1, -0.05) is 96.7 Å². The molecular weight excluding hydrogens is 661 g/mol. The molecule has 2 aliphatic rings. The van der Waals surface area contributed by atoms with Gasteiger partial charge in [0.05, 0.1) is 0 Å². The number of rotatable bonds is 11. The molecule has 2 aliphatic carbocycles. The van der Waals surface area contributed by atoms with Crippen LogP contribution in [0, 0.1) is 25.7 Å². The Bertz CT molecular complexity index is 1550. The van der Waals surface area contributed by atoms with E-state index in [0.717, 1.165) is 80.0 Å². The van der Waals surface area contributed by atoms with E-state index >= 15 is 0 Å². The van der Waals surface area contributed by atoms with Crippen LogP contribution in [0.4, 0.5) is 9.59 Å². The minimum atomic E-state index is -0.649. The highest BCUT2D eigenvalue weighted by molar-refractivity contribution is 5.67. The lowest BCUT2D eigenvalue weighted by Crippen LogP contribution is -2.27. The highest BCUT2D eigenvalue weighted by Gasteiger charge is 2.31. The summed E-state index contributed by atoms with van der Waals surface area (Å²) in [6.45, 7) is 27.6. The van der Waals surface area contributed by atoms with Crippen LogP contribution in [0.2, 0.25) is 0 Å². The van der Waals surface area contributed by atoms with Gasteiger partial charge in [-0.05, 0) is 144 Å². The molecule has 292 valence electrons. The van der Waals surface area contributed by atoms with Crippen LogP contribution >= 0.6 is 0 Å². The summed E-state index contributed by atoms with van der Waals surface area (Å²) in [7, 11) is 0. The van der Waals surface area contributed by atoms with Crippen molar-refractivity contribution in [3.8, 4) is 11.5 Å². The van der Waals surface area contributed by atoms with Crippen molar-refractivity contribution in [3.05, 3.63) is 80.9 Å². The Morgan fingerprint density at radius 1 is 0.679 bits per heavy atom. The summed E-state index contributed by atoms with van der Waals surface area (Å²) in [5, 5.41) is 0. The van der Waals surface area contributed by atoms with Crippen molar-refractivity contribution in [1.82, 2.24) is 0 Å². The Morgan fingerprint density at radius 2 is 1.08 bits per heavy atom. The van der Waals surface area contributed by atoms with Crippen LogP contribution in [-0.4, -0.2) is 24.5 Å². The van der Waals surface area contributed by atoms with Gasteiger partial charge in [0.2, 0.25) is 0 Å². The molecule has 6 nitrogen and oxygen atoms in total. The number of hydrogen-bond donors (Lipinski definition) is 0. The fourth-order valence-electron chi connectivity index (χ4n) is 7.92. The predicted octanol–water partition coefficient (Wildman–Crippen LogP) is 13.5. The number of carbonyl (C=O) groups excluding carboxylic acids is 2. The first kappa shape index (κ1) is 42.2. The third-order valence-corrected chi connectivity index (χ3v) is 11.6. The van der Waals surface area contributed by atoms with Crippen molar-refractivity contribution in [2.24, 2.45) is 11.8 Å². The van der Waals surface area contributed by atoms with Crippen LogP contribution in [-0.2, 0) is 20.3 Å². The predicted molar refractivity (Wildman–Crippen MR) is 216 cm³/mol. The van der Waals surface area contributed by atoms with Crippen LogP contribution in [0.5, 0.6) is 11.5 Å². The minimum Gasteiger partial charge on any atom is -0.431 e. The lowest BCUT2D eigenvalue weighted by Gasteiger charge is -2.30. The molecule has 2 aromatic carbocycles. The Morgan fingerprint density at radius 3 is 1.40 bits per heavy atom. The van der Waals surface area contributed by atoms with E-state index in [1.165, 1.54) is 22.3 Å². The molecule has 53 heavy (non-hydrogen) atoms. The third-order valence-electron chi connectivity index (χ3n) is 11.6. The van der Waals surface area contributed by atoms with E-state index in [0.29, 0.717) is 23.3 Å². The average Bonchev–Trinajstić information content (AvgIpc) is 3.05. The Hall–Kier alpha value is -3.54. The Balaban J connectivity index is 1.66. The van der Waals surface area contributed by atoms with Gasteiger partial charge in [0.1, 0.15) is 23.7 Å². The molecular formula is C47H68O6. The zero-order chi connectivity index (χ0) is 39.2. The maximum absolute atomic E-state index is 13.2. The summed E-state index contributed by atoms with van der Waals surface area (Å²) in [5.74, 6) is 1.78. The normalized spacial score (nSPS) is 19.7. The van der Waals surface area contributed by atoms with Gasteiger partial charge in [0.15, 0.2) is 0 Å². The van der Waals surface area contributed by atoms with Crippen molar-refractivity contribution >= 4 is 12.3 Å². The van der Waals surface area contributed by atoms with Gasteiger partial charge in [-0.25, -0.2) is 9.59 Å². The second-order valence-electron chi connectivity index (χ2n) is 18.1. The van der Waals surface area contributed by atoms with E-state index in [-0.39, 0.29) is 29.0 Å². The number of hydrogen-bond acceptors (Lipinski definition) is 6. The monoisotopic (exact) mass is 729 g/mol. The molecule has 0 amide bonds. The van der Waals surface area contributed by atoms with Crippen molar-refractivity contribution in [1.29, 1.82) is 0 Å². The first-order valence-electron chi connectivity index (χ1n) is 20.2. The number of carbonyl (C=O) groups is 2. The van der Waals surface area contributed by atoms with E-state index in [4.69, 9.17) is 18.9 Å². The van der Waals surface area contributed by atoms with Crippen LogP contribution in [0.25, 0.3) is 0 Å². The van der Waals surface area contributed by atoms with E-state index in [1.807, 2.05) is 26.0 Å². The molecule has 0 N–H and O–H groups in total. The molecule has 6 heteroatoms. The summed E-state index contributed by atoms with van der Waals surface area (Å²) < 4.78 is 23.8. The number of allylic oxidation sites excluding steroid dienone is 4. The van der Waals surface area contributed by atoms with Gasteiger partial charge in [-0.3, -0.25) is 0 Å². The van der Waals surface area contributed by atoms with E-state index < -0.39 is 12.3 Å². The molecule has 4 rings (SSSR count). The highest BCUT2D eigenvalue weighted by atomic mass is 16.7. The smallest absolute Gasteiger partial charge is 0.431 e. The molecule has 0 saturated heterocycles. The number of benzene rings is 2. The van der Waals surface area contributed by atoms with Gasteiger partial charge in [0.25, 0.3) is 0 Å². The molecule has 4 unspecified atom stereocenters. The standard InChI is InChI=1S/C47H68O6/c1-14-15-16-37(38-27-40(46(8,9)10)42(25-31(38)4)52-44(48)50-33(6)35-21-17-29(2)18-22-35)39-28-41(47(11,12)13)43(26-32(39)5)53-45(49)51-34(7)36-23-19-30(3)20-24-36/h17,19,25-28,33-37H,14-16,18,20-24H2,1-13H3. The average molecular weight is 729 g/mol. The van der Waals surface area contributed by atoms with Gasteiger partial charge >= 0.3 is 12.3 Å². The van der Waals surface area contributed by atoms with E-state index in [2.05, 4.69) is 100 Å². The largest absolute Gasteiger partial charge is 0.514 e. The maximum atomic E-state index is 13.2. The minimum absolute atomic E-state index is 0.0878. The van der Waals surface area contributed by atoms with Crippen LogP contribution in [0.1, 0.15) is 173 Å². The molecule has 0 aromatic heterocycles. The van der Waals surface area contributed by atoms with E-state index in [1.54, 1.807) is 0 Å². The van der Waals surface area contributed by atoms with Crippen LogP contribution in [0.15, 0.2) is 47.6 Å². The Kier molecular flexibility index (Phi) is 14.1. The fraction of sp³-hybridized carbons (Fsp3) is 0.617. The van der Waals surface area contributed by atoms with Gasteiger partial charge in [-0.15, -0.1) is 0 Å². The zero-order valence-electron chi connectivity index (χ0n) is 35.2. The second kappa shape index (κ2) is 17.7. The SMILES string of the molecule is CCCCC(c1cc(C(C)(C)C)c(OC(=O)OC(C)C2CC=C(C)CC2)cc1C)c1cc(C(C)(C)C)c(OC(=O)OC(C)C2CC=C(C)CC2)cc1C. The Labute approximate surface area is 321 Å². The lowest BCUT2D eigenvalue weighted by molar-refractivity contribution is 0.0354. The summed E-state index contributed by atoms with van der Waals surface area (Å²) in [4.78, 5) is 26.5. The molecule has 0 bridgehead atoms. The summed E-state index contributed by atoms with van der Waals surface area (Å²) in [6.07, 6.45) is 11.8. The molecule has 0 radical (unpaired) electrons. The van der Waals surface area contributed by atoms with Crippen LogP contribution < -0.4 is 9.47 Å². The molecule has 0 saturated carbocycles. The molecule has 0 spiro atoms. The number of unbranched alkanes of at least 4 members (excludes halogenated alkanes) is 1. The second-order valence-corrected chi connectivity index (χ2v) is 18.1. The summed E-state index contributed by atoms with van der Waals surface area (Å²) >= 11 is 0. The number of aryl methyl sites for hydroxylation is 2. The summed E-state index contributed by atoms with van der Waals surface area (Å²) in [6, 6.07) is 8.53. The first-order chi connectivity index (χ1) is 24.8. The fourth-order valence-corrected chi connectivity index (χ4v) is 7.92. The molecule has 4 atom stereocenters. The zero-order valence-corrected chi connectivity index (χ0v) is 35.2. The molecule has 0 aliphatic heterocycles. The lowest BCUT2D eigenvalue weighted by atomic mass is 9.76. The van der Waals surface area contributed by atoms with Gasteiger partial charge in [-0.2, -0.15) is 0 Å². The third kappa shape index (κ3) is 11.2. The molecule has 2 aromatic rings. The topological polar surface area (TPSA) is 71.1 Å². The van der Waals surface area contributed by atoms with Gasteiger partial charge in [0, 0.05) is 17.0 Å². The van der Waals surface area contributed by atoms with Crippen molar-refractivity contribution in [2.45, 2.75) is 177 Å². The maximum Gasteiger partial charge on any atom is 0.514 e. The van der Waals surface area contributed by atoms with Crippen molar-refractivity contribution < 1.29 is 28.5 Å². The van der Waals surface area contributed by atoms with Gasteiger partial charge < -0.3 is 18.9 Å². The van der Waals surface area contributed by atoms with Crippen molar-refractivity contribution in [2.75, 3.05) is 0 Å². The molecule has 0 fully saturated rings.